The largest absolute Gasteiger partial charge is 0.354 e. The summed E-state index contributed by atoms with van der Waals surface area (Å²) in [5.41, 5.74) is 1.26. The van der Waals surface area contributed by atoms with Gasteiger partial charge < -0.3 is 10.2 Å². The van der Waals surface area contributed by atoms with Crippen LogP contribution in [0.2, 0.25) is 0 Å². The molecule has 0 saturated carbocycles. The number of hydrogen-bond acceptors (Lipinski definition) is 3. The van der Waals surface area contributed by atoms with Gasteiger partial charge in [-0.3, -0.25) is 9.59 Å². The Kier molecular flexibility index (Phi) is 9.30. The van der Waals surface area contributed by atoms with Gasteiger partial charge in [0.05, 0.1) is 5.75 Å². The third-order valence-electron chi connectivity index (χ3n) is 4.56. The fourth-order valence-electron chi connectivity index (χ4n) is 2.77. The van der Waals surface area contributed by atoms with Gasteiger partial charge in [0.2, 0.25) is 11.8 Å². The average Bonchev–Trinajstić information content (AvgIpc) is 2.72. The molecule has 1 atom stereocenters. The number of thioether (sulfide) groups is 1. The van der Waals surface area contributed by atoms with Gasteiger partial charge in [0.1, 0.15) is 17.7 Å². The number of hydrogen-bond donors (Lipinski definition) is 1. The van der Waals surface area contributed by atoms with Crippen LogP contribution in [0.15, 0.2) is 48.5 Å². The zero-order valence-corrected chi connectivity index (χ0v) is 18.3. The van der Waals surface area contributed by atoms with Gasteiger partial charge >= 0.3 is 0 Å². The Morgan fingerprint density at radius 1 is 1.03 bits per heavy atom. The molecule has 0 aliphatic carbocycles. The number of halogens is 2. The van der Waals surface area contributed by atoms with E-state index in [0.717, 1.165) is 5.56 Å². The van der Waals surface area contributed by atoms with Crippen molar-refractivity contribution in [3.63, 3.8) is 0 Å². The van der Waals surface area contributed by atoms with Crippen LogP contribution in [0.5, 0.6) is 0 Å². The van der Waals surface area contributed by atoms with Crippen molar-refractivity contribution in [3.05, 3.63) is 71.3 Å². The minimum Gasteiger partial charge on any atom is -0.354 e. The lowest BCUT2D eigenvalue weighted by atomic mass is 10.1. The maximum absolute atomic E-state index is 13.8. The Morgan fingerprint density at radius 3 is 2.33 bits per heavy atom. The summed E-state index contributed by atoms with van der Waals surface area (Å²) in [7, 11) is 0. The molecule has 4 nitrogen and oxygen atoms in total. The molecule has 2 aromatic carbocycles. The number of carbonyl (C=O) groups excluding carboxylic acids is 2. The van der Waals surface area contributed by atoms with Gasteiger partial charge in [0.25, 0.3) is 0 Å². The Morgan fingerprint density at radius 2 is 1.70 bits per heavy atom. The number of nitrogens with one attached hydrogen (secondary N) is 1. The minimum absolute atomic E-state index is 0.108. The number of nitrogens with zero attached hydrogens (tertiary/aromatic N) is 1. The Bertz CT molecular complexity index is 843. The number of carbonyl (C=O) groups is 2. The SMILES string of the molecule is CC(C)CNC(=O)[C@H](C)N(Cc1ccc(F)cc1)C(=O)CSCc1ccccc1F. The van der Waals surface area contributed by atoms with Gasteiger partial charge in [-0.15, -0.1) is 11.8 Å². The van der Waals surface area contributed by atoms with Crippen molar-refractivity contribution in [1.82, 2.24) is 10.2 Å². The van der Waals surface area contributed by atoms with Crippen LogP contribution < -0.4 is 5.32 Å². The fourth-order valence-corrected chi connectivity index (χ4v) is 3.66. The maximum Gasteiger partial charge on any atom is 0.242 e. The minimum atomic E-state index is -0.685. The summed E-state index contributed by atoms with van der Waals surface area (Å²) in [5.74, 6) is -0.375. The first-order valence-electron chi connectivity index (χ1n) is 9.90. The molecule has 0 aliphatic rings. The van der Waals surface area contributed by atoms with Crippen LogP contribution in [0.1, 0.15) is 31.9 Å². The highest BCUT2D eigenvalue weighted by molar-refractivity contribution is 7.99. The molecule has 2 rings (SSSR count). The van der Waals surface area contributed by atoms with Gasteiger partial charge in [-0.05, 0) is 42.2 Å². The Hall–Kier alpha value is -2.41. The normalized spacial score (nSPS) is 11.9. The van der Waals surface area contributed by atoms with Crippen molar-refractivity contribution >= 4 is 23.6 Å². The molecule has 0 radical (unpaired) electrons. The van der Waals surface area contributed by atoms with Crippen molar-refractivity contribution in [2.75, 3.05) is 12.3 Å². The van der Waals surface area contributed by atoms with E-state index < -0.39 is 6.04 Å². The molecule has 7 heteroatoms. The number of benzene rings is 2. The Balaban J connectivity index is 2.06. The zero-order valence-electron chi connectivity index (χ0n) is 17.5. The molecular weight excluding hydrogens is 406 g/mol. The lowest BCUT2D eigenvalue weighted by Gasteiger charge is -2.29. The van der Waals surface area contributed by atoms with E-state index in [1.165, 1.54) is 34.9 Å². The summed E-state index contributed by atoms with van der Waals surface area (Å²) in [5, 5.41) is 2.85. The molecule has 0 aromatic heterocycles. The van der Waals surface area contributed by atoms with Crippen LogP contribution in [0.4, 0.5) is 8.78 Å². The number of rotatable bonds is 10. The van der Waals surface area contributed by atoms with Gasteiger partial charge in [0, 0.05) is 18.8 Å². The standard InChI is InChI=1S/C23H28F2N2O2S/c1-16(2)12-26-23(29)17(3)27(13-18-8-10-20(24)11-9-18)22(28)15-30-14-19-6-4-5-7-21(19)25/h4-11,16-17H,12-15H2,1-3H3,(H,26,29)/t17-/m0/s1. The second-order valence-electron chi connectivity index (χ2n) is 7.55. The lowest BCUT2D eigenvalue weighted by Crippen LogP contribution is -2.48. The highest BCUT2D eigenvalue weighted by Gasteiger charge is 2.26. The van der Waals surface area contributed by atoms with Gasteiger partial charge in [-0.25, -0.2) is 8.78 Å². The molecule has 0 fully saturated rings. The average molecular weight is 435 g/mol. The zero-order chi connectivity index (χ0) is 22.1. The predicted molar refractivity (Wildman–Crippen MR) is 117 cm³/mol. The molecule has 2 aromatic rings. The quantitative estimate of drug-likeness (QED) is 0.604. The first-order chi connectivity index (χ1) is 14.3. The summed E-state index contributed by atoms with van der Waals surface area (Å²) < 4.78 is 27.0. The van der Waals surface area contributed by atoms with Crippen LogP contribution in [-0.4, -0.2) is 35.1 Å². The molecule has 162 valence electrons. The molecule has 1 N–H and O–H groups in total. The van der Waals surface area contributed by atoms with Crippen LogP contribution in [0.3, 0.4) is 0 Å². The summed E-state index contributed by atoms with van der Waals surface area (Å²) in [6.45, 7) is 6.37. The van der Waals surface area contributed by atoms with Crippen molar-refractivity contribution in [2.24, 2.45) is 5.92 Å². The van der Waals surface area contributed by atoms with E-state index >= 15 is 0 Å². The third-order valence-corrected chi connectivity index (χ3v) is 5.53. The summed E-state index contributed by atoms with van der Waals surface area (Å²) in [4.78, 5) is 27.0. The van der Waals surface area contributed by atoms with Crippen LogP contribution in [-0.2, 0) is 21.9 Å². The molecule has 0 saturated heterocycles. The summed E-state index contributed by atoms with van der Waals surface area (Å²) in [6, 6.07) is 11.6. The fraction of sp³-hybridized carbons (Fsp3) is 0.391. The second kappa shape index (κ2) is 11.7. The summed E-state index contributed by atoms with van der Waals surface area (Å²) in [6.07, 6.45) is 0. The van der Waals surface area contributed by atoms with Gasteiger partial charge in [0.15, 0.2) is 0 Å². The van der Waals surface area contributed by atoms with Crippen molar-refractivity contribution < 1.29 is 18.4 Å². The highest BCUT2D eigenvalue weighted by atomic mass is 32.2. The molecule has 2 amide bonds. The second-order valence-corrected chi connectivity index (χ2v) is 8.53. The van der Waals surface area contributed by atoms with Crippen molar-refractivity contribution in [3.8, 4) is 0 Å². The van der Waals surface area contributed by atoms with E-state index in [-0.39, 0.29) is 35.7 Å². The van der Waals surface area contributed by atoms with Crippen LogP contribution in [0, 0.1) is 17.6 Å². The highest BCUT2D eigenvalue weighted by Crippen LogP contribution is 2.18. The predicted octanol–water partition coefficient (Wildman–Crippen LogP) is 4.39. The molecule has 0 spiro atoms. The number of amides is 2. The molecule has 0 unspecified atom stereocenters. The Labute approximate surface area is 181 Å². The topological polar surface area (TPSA) is 49.4 Å². The van der Waals surface area contributed by atoms with Gasteiger partial charge in [-0.1, -0.05) is 44.2 Å². The third kappa shape index (κ3) is 7.44. The van der Waals surface area contributed by atoms with Crippen LogP contribution >= 0.6 is 11.8 Å². The molecule has 30 heavy (non-hydrogen) atoms. The van der Waals surface area contributed by atoms with Crippen LogP contribution in [0.25, 0.3) is 0 Å². The van der Waals surface area contributed by atoms with E-state index in [9.17, 15) is 18.4 Å². The van der Waals surface area contributed by atoms with E-state index in [1.54, 1.807) is 37.3 Å². The molecule has 0 heterocycles. The first kappa shape index (κ1) is 23.9. The maximum atomic E-state index is 13.8. The molecule has 0 bridgehead atoms. The molecule has 0 aliphatic heterocycles. The molecular formula is C23H28F2N2O2S. The van der Waals surface area contributed by atoms with E-state index in [1.807, 2.05) is 13.8 Å². The first-order valence-corrected chi connectivity index (χ1v) is 11.1. The lowest BCUT2D eigenvalue weighted by molar-refractivity contribution is -0.138. The van der Waals surface area contributed by atoms with Gasteiger partial charge in [-0.2, -0.15) is 0 Å². The summed E-state index contributed by atoms with van der Waals surface area (Å²) >= 11 is 1.29. The van der Waals surface area contributed by atoms with E-state index in [2.05, 4.69) is 5.32 Å². The van der Waals surface area contributed by atoms with E-state index in [0.29, 0.717) is 23.8 Å². The monoisotopic (exact) mass is 434 g/mol. The van der Waals surface area contributed by atoms with Crippen molar-refractivity contribution in [1.29, 1.82) is 0 Å². The smallest absolute Gasteiger partial charge is 0.242 e. The van der Waals surface area contributed by atoms with Crippen molar-refractivity contribution in [2.45, 2.75) is 39.1 Å². The van der Waals surface area contributed by atoms with E-state index in [4.69, 9.17) is 0 Å².